The van der Waals surface area contributed by atoms with E-state index in [-0.39, 0.29) is 5.54 Å². The third kappa shape index (κ3) is 2.62. The molecule has 4 nitrogen and oxygen atoms in total. The maximum atomic E-state index is 6.08. The molecular formula is C12H15ClN4S. The van der Waals surface area contributed by atoms with Gasteiger partial charge in [0.05, 0.1) is 5.54 Å². The van der Waals surface area contributed by atoms with E-state index in [2.05, 4.69) is 34.1 Å². The van der Waals surface area contributed by atoms with Crippen LogP contribution in [0.25, 0.3) is 0 Å². The Kier molecular flexibility index (Phi) is 3.82. The Balaban J connectivity index is 2.32. The van der Waals surface area contributed by atoms with E-state index in [0.29, 0.717) is 5.15 Å². The standard InChI is InChI=1S/C12H15ClN4S/c1-4-8-9(13)15-7-16-10(8)17-12(2,3)11-14-5-6-18-11/h5-7H,4H2,1-3H3,(H,15,16,17). The molecule has 96 valence electrons. The highest BCUT2D eigenvalue weighted by molar-refractivity contribution is 7.09. The van der Waals surface area contributed by atoms with E-state index in [0.717, 1.165) is 22.8 Å². The van der Waals surface area contributed by atoms with Gasteiger partial charge in [-0.1, -0.05) is 18.5 Å². The summed E-state index contributed by atoms with van der Waals surface area (Å²) in [4.78, 5) is 12.6. The van der Waals surface area contributed by atoms with Gasteiger partial charge in [-0.3, -0.25) is 0 Å². The largest absolute Gasteiger partial charge is 0.358 e. The molecule has 2 rings (SSSR count). The summed E-state index contributed by atoms with van der Waals surface area (Å²) in [7, 11) is 0. The monoisotopic (exact) mass is 282 g/mol. The van der Waals surface area contributed by atoms with Gasteiger partial charge in [-0.05, 0) is 20.3 Å². The number of hydrogen-bond acceptors (Lipinski definition) is 5. The van der Waals surface area contributed by atoms with Crippen LogP contribution < -0.4 is 5.32 Å². The number of hydrogen-bond donors (Lipinski definition) is 1. The summed E-state index contributed by atoms with van der Waals surface area (Å²) in [5.41, 5.74) is 0.652. The van der Waals surface area contributed by atoms with Crippen molar-refractivity contribution in [1.82, 2.24) is 15.0 Å². The quantitative estimate of drug-likeness (QED) is 0.872. The molecule has 0 saturated heterocycles. The van der Waals surface area contributed by atoms with Crippen molar-refractivity contribution in [3.05, 3.63) is 33.6 Å². The Morgan fingerprint density at radius 2 is 2.11 bits per heavy atom. The predicted octanol–water partition coefficient (Wildman–Crippen LogP) is 3.50. The summed E-state index contributed by atoms with van der Waals surface area (Å²) in [6.07, 6.45) is 4.06. The van der Waals surface area contributed by atoms with Crippen LogP contribution in [0.2, 0.25) is 5.15 Å². The van der Waals surface area contributed by atoms with E-state index in [9.17, 15) is 0 Å². The number of nitrogens with zero attached hydrogens (tertiary/aromatic N) is 3. The van der Waals surface area contributed by atoms with Gasteiger partial charge < -0.3 is 5.32 Å². The van der Waals surface area contributed by atoms with E-state index in [1.165, 1.54) is 6.33 Å². The lowest BCUT2D eigenvalue weighted by molar-refractivity contribution is 0.599. The van der Waals surface area contributed by atoms with Gasteiger partial charge in [-0.25, -0.2) is 15.0 Å². The molecule has 0 amide bonds. The van der Waals surface area contributed by atoms with Gasteiger partial charge in [0.1, 0.15) is 22.3 Å². The van der Waals surface area contributed by atoms with E-state index in [1.54, 1.807) is 17.5 Å². The normalized spacial score (nSPS) is 11.6. The first-order valence-corrected chi connectivity index (χ1v) is 6.98. The zero-order chi connectivity index (χ0) is 13.2. The highest BCUT2D eigenvalue weighted by Gasteiger charge is 2.25. The molecular weight excluding hydrogens is 268 g/mol. The van der Waals surface area contributed by atoms with Crippen LogP contribution in [0, 0.1) is 0 Å². The SMILES string of the molecule is CCc1c(Cl)ncnc1NC(C)(C)c1nccs1. The van der Waals surface area contributed by atoms with Gasteiger partial charge in [0, 0.05) is 17.1 Å². The minimum atomic E-state index is -0.282. The zero-order valence-corrected chi connectivity index (χ0v) is 12.1. The average molecular weight is 283 g/mol. The van der Waals surface area contributed by atoms with Crippen molar-refractivity contribution in [3.63, 3.8) is 0 Å². The molecule has 0 spiro atoms. The first-order valence-electron chi connectivity index (χ1n) is 5.72. The van der Waals surface area contributed by atoms with Crippen LogP contribution >= 0.6 is 22.9 Å². The fourth-order valence-electron chi connectivity index (χ4n) is 1.69. The summed E-state index contributed by atoms with van der Waals surface area (Å²) < 4.78 is 0. The number of anilines is 1. The molecule has 0 fully saturated rings. The van der Waals surface area contributed by atoms with Crippen LogP contribution in [0.3, 0.4) is 0 Å². The molecule has 0 unspecified atom stereocenters. The van der Waals surface area contributed by atoms with Crippen molar-refractivity contribution >= 4 is 28.8 Å². The van der Waals surface area contributed by atoms with Crippen LogP contribution in [-0.4, -0.2) is 15.0 Å². The number of thiazole rings is 1. The second-order valence-electron chi connectivity index (χ2n) is 4.43. The van der Waals surface area contributed by atoms with Crippen molar-refractivity contribution < 1.29 is 0 Å². The summed E-state index contributed by atoms with van der Waals surface area (Å²) in [6.45, 7) is 6.18. The summed E-state index contributed by atoms with van der Waals surface area (Å²) in [6, 6.07) is 0. The van der Waals surface area contributed by atoms with Gasteiger partial charge >= 0.3 is 0 Å². The second kappa shape index (κ2) is 5.20. The molecule has 2 aromatic heterocycles. The zero-order valence-electron chi connectivity index (χ0n) is 10.6. The first kappa shape index (κ1) is 13.2. The first-order chi connectivity index (χ1) is 8.54. The molecule has 0 radical (unpaired) electrons. The third-order valence-electron chi connectivity index (χ3n) is 2.64. The van der Waals surface area contributed by atoms with Crippen LogP contribution in [-0.2, 0) is 12.0 Å². The number of halogens is 1. The summed E-state index contributed by atoms with van der Waals surface area (Å²) in [5, 5.41) is 6.88. The highest BCUT2D eigenvalue weighted by atomic mass is 35.5. The lowest BCUT2D eigenvalue weighted by Gasteiger charge is -2.25. The van der Waals surface area contributed by atoms with Gasteiger partial charge in [0.25, 0.3) is 0 Å². The molecule has 0 atom stereocenters. The Morgan fingerprint density at radius 3 is 2.72 bits per heavy atom. The minimum absolute atomic E-state index is 0.282. The van der Waals surface area contributed by atoms with Crippen molar-refractivity contribution in [3.8, 4) is 0 Å². The Hall–Kier alpha value is -1.20. The van der Waals surface area contributed by atoms with E-state index in [4.69, 9.17) is 11.6 Å². The lowest BCUT2D eigenvalue weighted by atomic mass is 10.1. The van der Waals surface area contributed by atoms with Gasteiger partial charge in [-0.2, -0.15) is 0 Å². The Bertz CT molecular complexity index is 525. The van der Waals surface area contributed by atoms with Gasteiger partial charge in [-0.15, -0.1) is 11.3 Å². The fraction of sp³-hybridized carbons (Fsp3) is 0.417. The molecule has 18 heavy (non-hydrogen) atoms. The average Bonchev–Trinajstić information content (AvgIpc) is 2.83. The summed E-state index contributed by atoms with van der Waals surface area (Å²) in [5.74, 6) is 0.776. The third-order valence-corrected chi connectivity index (χ3v) is 4.07. The topological polar surface area (TPSA) is 50.7 Å². The smallest absolute Gasteiger partial charge is 0.137 e. The van der Waals surface area contributed by atoms with Crippen LogP contribution in [0.5, 0.6) is 0 Å². The number of rotatable bonds is 4. The molecule has 1 N–H and O–H groups in total. The van der Waals surface area contributed by atoms with Crippen LogP contribution in [0.15, 0.2) is 17.9 Å². The predicted molar refractivity (Wildman–Crippen MR) is 75.2 cm³/mol. The van der Waals surface area contributed by atoms with E-state index < -0.39 is 0 Å². The molecule has 2 aromatic rings. The second-order valence-corrected chi connectivity index (χ2v) is 5.69. The molecule has 0 aliphatic carbocycles. The molecule has 2 heterocycles. The molecule has 0 aromatic carbocycles. The van der Waals surface area contributed by atoms with Crippen LogP contribution in [0.1, 0.15) is 31.3 Å². The van der Waals surface area contributed by atoms with Gasteiger partial charge in [0.2, 0.25) is 0 Å². The van der Waals surface area contributed by atoms with Crippen molar-refractivity contribution in [1.29, 1.82) is 0 Å². The molecule has 0 aliphatic rings. The van der Waals surface area contributed by atoms with Crippen molar-refractivity contribution in [2.24, 2.45) is 0 Å². The van der Waals surface area contributed by atoms with Crippen molar-refractivity contribution in [2.45, 2.75) is 32.7 Å². The van der Waals surface area contributed by atoms with Crippen molar-refractivity contribution in [2.75, 3.05) is 5.32 Å². The number of nitrogens with one attached hydrogen (secondary N) is 1. The number of aromatic nitrogens is 3. The van der Waals surface area contributed by atoms with Crippen LogP contribution in [0.4, 0.5) is 5.82 Å². The summed E-state index contributed by atoms with van der Waals surface area (Å²) >= 11 is 7.70. The molecule has 6 heteroatoms. The van der Waals surface area contributed by atoms with Gasteiger partial charge in [0.15, 0.2) is 0 Å². The maximum Gasteiger partial charge on any atom is 0.137 e. The Labute approximate surface area is 115 Å². The lowest BCUT2D eigenvalue weighted by Crippen LogP contribution is -2.29. The molecule has 0 bridgehead atoms. The molecule has 0 aliphatic heterocycles. The molecule has 0 saturated carbocycles. The highest BCUT2D eigenvalue weighted by Crippen LogP contribution is 2.29. The fourth-order valence-corrected chi connectivity index (χ4v) is 2.68. The minimum Gasteiger partial charge on any atom is -0.358 e. The van der Waals surface area contributed by atoms with E-state index in [1.807, 2.05) is 12.3 Å². The Morgan fingerprint density at radius 1 is 1.33 bits per heavy atom. The van der Waals surface area contributed by atoms with E-state index >= 15 is 0 Å². The maximum absolute atomic E-state index is 6.08.